The first-order valence-electron chi connectivity index (χ1n) is 7.90. The number of carbonyl (C=O) groups excluding carboxylic acids is 1. The average Bonchev–Trinajstić information content (AvgIpc) is 3.01. The number of halogens is 4. The van der Waals surface area contributed by atoms with Gasteiger partial charge in [-0.15, -0.1) is 12.4 Å². The lowest BCUT2D eigenvalue weighted by Gasteiger charge is -2.15. The largest absolute Gasteiger partial charge is 0.454 e. The number of alkyl halides is 3. The number of amides is 1. The number of anilines is 2. The number of carbonyl (C=O) groups is 1. The summed E-state index contributed by atoms with van der Waals surface area (Å²) in [4.78, 5) is 12.4. The van der Waals surface area contributed by atoms with Crippen LogP contribution in [0.25, 0.3) is 0 Å². The van der Waals surface area contributed by atoms with E-state index in [4.69, 9.17) is 15.2 Å². The van der Waals surface area contributed by atoms with E-state index in [0.29, 0.717) is 34.9 Å². The number of fused-ring (bicyclic) bond motifs is 1. The number of hydrogen-bond acceptors (Lipinski definition) is 4. The molecule has 3 rings (SSSR count). The van der Waals surface area contributed by atoms with Crippen LogP contribution < -0.4 is 20.5 Å². The van der Waals surface area contributed by atoms with Gasteiger partial charge in [0, 0.05) is 18.1 Å². The molecule has 0 radical (unpaired) electrons. The average molecular weight is 403 g/mol. The van der Waals surface area contributed by atoms with Crippen LogP contribution in [0.3, 0.4) is 0 Å². The molecule has 0 aromatic heterocycles. The molecule has 1 aliphatic rings. The second kappa shape index (κ2) is 7.96. The van der Waals surface area contributed by atoms with Crippen LogP contribution in [-0.4, -0.2) is 12.7 Å². The summed E-state index contributed by atoms with van der Waals surface area (Å²) in [6.45, 7) is 1.78. The Kier molecular flexibility index (Phi) is 6.10. The highest BCUT2D eigenvalue weighted by atomic mass is 35.5. The molecule has 0 aliphatic carbocycles. The molecule has 146 valence electrons. The summed E-state index contributed by atoms with van der Waals surface area (Å²) in [5, 5.41) is 2.72. The molecule has 9 heteroatoms. The maximum Gasteiger partial charge on any atom is 0.416 e. The second-order valence-corrected chi connectivity index (χ2v) is 6.08. The highest BCUT2D eigenvalue weighted by Gasteiger charge is 2.30. The van der Waals surface area contributed by atoms with Crippen molar-refractivity contribution in [1.82, 2.24) is 0 Å². The molecular formula is C18H18ClF3N2O3. The molecule has 27 heavy (non-hydrogen) atoms. The van der Waals surface area contributed by atoms with Gasteiger partial charge < -0.3 is 20.5 Å². The molecule has 1 atom stereocenters. The summed E-state index contributed by atoms with van der Waals surface area (Å²) >= 11 is 0. The van der Waals surface area contributed by atoms with E-state index in [1.807, 2.05) is 0 Å². The van der Waals surface area contributed by atoms with Crippen LogP contribution in [-0.2, 0) is 17.4 Å². The van der Waals surface area contributed by atoms with Crippen molar-refractivity contribution < 1.29 is 27.4 Å². The number of benzene rings is 2. The maximum atomic E-state index is 12.6. The SMILES string of the molecule is CC(Cc1ccc(C(F)(F)F)cc1)C(=O)Nc1cc2c(cc1N)OCO2.Cl. The Balaban J connectivity index is 0.00000261. The van der Waals surface area contributed by atoms with E-state index in [0.717, 1.165) is 12.1 Å². The Bertz CT molecular complexity index is 826. The van der Waals surface area contributed by atoms with E-state index < -0.39 is 17.7 Å². The summed E-state index contributed by atoms with van der Waals surface area (Å²) in [7, 11) is 0. The van der Waals surface area contributed by atoms with Gasteiger partial charge >= 0.3 is 6.18 Å². The third-order valence-corrected chi connectivity index (χ3v) is 4.07. The summed E-state index contributed by atoms with van der Waals surface area (Å²) in [5.74, 6) is 0.246. The van der Waals surface area contributed by atoms with E-state index in [1.165, 1.54) is 12.1 Å². The van der Waals surface area contributed by atoms with Gasteiger partial charge in [0.2, 0.25) is 12.7 Å². The molecule has 2 aromatic carbocycles. The highest BCUT2D eigenvalue weighted by molar-refractivity contribution is 5.96. The summed E-state index contributed by atoms with van der Waals surface area (Å²) in [5.41, 5.74) is 6.56. The smallest absolute Gasteiger partial charge is 0.416 e. The van der Waals surface area contributed by atoms with Crippen LogP contribution >= 0.6 is 12.4 Å². The van der Waals surface area contributed by atoms with Gasteiger partial charge in [0.15, 0.2) is 11.5 Å². The molecule has 3 N–H and O–H groups in total. The van der Waals surface area contributed by atoms with Crippen molar-refractivity contribution in [2.24, 2.45) is 5.92 Å². The van der Waals surface area contributed by atoms with Crippen molar-refractivity contribution in [3.63, 3.8) is 0 Å². The van der Waals surface area contributed by atoms with E-state index >= 15 is 0 Å². The van der Waals surface area contributed by atoms with Gasteiger partial charge in [-0.3, -0.25) is 4.79 Å². The lowest BCUT2D eigenvalue weighted by molar-refractivity contribution is -0.137. The zero-order valence-electron chi connectivity index (χ0n) is 14.3. The first-order chi connectivity index (χ1) is 12.2. The Morgan fingerprint density at radius 2 is 1.78 bits per heavy atom. The molecule has 1 heterocycles. The van der Waals surface area contributed by atoms with Crippen LogP contribution in [0.5, 0.6) is 11.5 Å². The maximum absolute atomic E-state index is 12.6. The van der Waals surface area contributed by atoms with Crippen LogP contribution in [0.4, 0.5) is 24.5 Å². The Morgan fingerprint density at radius 3 is 2.37 bits per heavy atom. The van der Waals surface area contributed by atoms with Gasteiger partial charge in [-0.25, -0.2) is 0 Å². The Morgan fingerprint density at radius 1 is 1.19 bits per heavy atom. The third kappa shape index (κ3) is 4.77. The molecule has 0 spiro atoms. The van der Waals surface area contributed by atoms with Crippen molar-refractivity contribution in [3.8, 4) is 11.5 Å². The van der Waals surface area contributed by atoms with E-state index in [1.54, 1.807) is 19.1 Å². The molecule has 2 aromatic rings. The molecule has 0 bridgehead atoms. The quantitative estimate of drug-likeness (QED) is 0.749. The van der Waals surface area contributed by atoms with Gasteiger partial charge in [-0.2, -0.15) is 13.2 Å². The lowest BCUT2D eigenvalue weighted by Crippen LogP contribution is -2.22. The highest BCUT2D eigenvalue weighted by Crippen LogP contribution is 2.38. The first kappa shape index (κ1) is 20.7. The lowest BCUT2D eigenvalue weighted by atomic mass is 9.99. The van der Waals surface area contributed by atoms with Crippen LogP contribution in [0.2, 0.25) is 0 Å². The molecule has 0 saturated carbocycles. The Labute approximate surface area is 160 Å². The van der Waals surface area contributed by atoms with Crippen molar-refractivity contribution >= 4 is 29.7 Å². The van der Waals surface area contributed by atoms with E-state index in [9.17, 15) is 18.0 Å². The van der Waals surface area contributed by atoms with Gasteiger partial charge in [0.25, 0.3) is 0 Å². The summed E-state index contributed by atoms with van der Waals surface area (Å²) in [6, 6.07) is 7.92. The van der Waals surface area contributed by atoms with Crippen molar-refractivity contribution in [1.29, 1.82) is 0 Å². The normalized spacial score (nSPS) is 13.6. The molecule has 1 amide bonds. The molecule has 1 unspecified atom stereocenters. The molecule has 1 aliphatic heterocycles. The van der Waals surface area contributed by atoms with Gasteiger partial charge in [0.1, 0.15) is 0 Å². The van der Waals surface area contributed by atoms with Gasteiger partial charge in [-0.05, 0) is 24.1 Å². The number of nitrogen functional groups attached to an aromatic ring is 1. The fraction of sp³-hybridized carbons (Fsp3) is 0.278. The van der Waals surface area contributed by atoms with Crippen LogP contribution in [0.1, 0.15) is 18.1 Å². The molecule has 0 saturated heterocycles. The fourth-order valence-electron chi connectivity index (χ4n) is 2.60. The van der Waals surface area contributed by atoms with Crippen LogP contribution in [0, 0.1) is 5.92 Å². The predicted octanol–water partition coefficient (Wildman–Crippen LogP) is 4.26. The minimum Gasteiger partial charge on any atom is -0.454 e. The number of nitrogens with one attached hydrogen (secondary N) is 1. The molecular weight excluding hydrogens is 385 g/mol. The molecule has 0 fully saturated rings. The Hall–Kier alpha value is -2.61. The second-order valence-electron chi connectivity index (χ2n) is 6.08. The van der Waals surface area contributed by atoms with Crippen LogP contribution in [0.15, 0.2) is 36.4 Å². The number of ether oxygens (including phenoxy) is 2. The zero-order valence-corrected chi connectivity index (χ0v) is 15.1. The number of hydrogen-bond donors (Lipinski definition) is 2. The van der Waals surface area contributed by atoms with Gasteiger partial charge in [-0.1, -0.05) is 19.1 Å². The van der Waals surface area contributed by atoms with E-state index in [2.05, 4.69) is 5.32 Å². The third-order valence-electron chi connectivity index (χ3n) is 4.07. The van der Waals surface area contributed by atoms with Crippen molar-refractivity contribution in [2.45, 2.75) is 19.5 Å². The fourth-order valence-corrected chi connectivity index (χ4v) is 2.60. The zero-order chi connectivity index (χ0) is 18.9. The number of nitrogens with two attached hydrogens (primary N) is 1. The van der Waals surface area contributed by atoms with E-state index in [-0.39, 0.29) is 25.1 Å². The first-order valence-corrected chi connectivity index (χ1v) is 7.90. The monoisotopic (exact) mass is 402 g/mol. The minimum absolute atomic E-state index is 0. The molecule has 5 nitrogen and oxygen atoms in total. The predicted molar refractivity (Wildman–Crippen MR) is 97.2 cm³/mol. The summed E-state index contributed by atoms with van der Waals surface area (Å²) in [6.07, 6.45) is -4.08. The topological polar surface area (TPSA) is 73.6 Å². The minimum atomic E-state index is -4.38. The van der Waals surface area contributed by atoms with Gasteiger partial charge in [0.05, 0.1) is 16.9 Å². The standard InChI is InChI=1S/C18H17F3N2O3.ClH/c1-10(6-11-2-4-12(5-3-11)18(19,20)21)17(24)23-14-8-16-15(7-13(14)22)25-9-26-16;/h2-5,7-8,10H,6,9,22H2,1H3,(H,23,24);1H. The van der Waals surface area contributed by atoms with Crippen molar-refractivity contribution in [2.75, 3.05) is 17.8 Å². The summed E-state index contributed by atoms with van der Waals surface area (Å²) < 4.78 is 48.2. The number of rotatable bonds is 4. The van der Waals surface area contributed by atoms with Crippen molar-refractivity contribution in [3.05, 3.63) is 47.5 Å².